The first-order valence-corrected chi connectivity index (χ1v) is 6.72. The summed E-state index contributed by atoms with van der Waals surface area (Å²) >= 11 is 0. The van der Waals surface area contributed by atoms with Crippen LogP contribution in [0.3, 0.4) is 0 Å². The number of carbonyl (C=O) groups excluding carboxylic acids is 1. The van der Waals surface area contributed by atoms with Crippen molar-refractivity contribution in [2.24, 2.45) is 0 Å². The number of carbonyl (C=O) groups is 1. The van der Waals surface area contributed by atoms with E-state index < -0.39 is 47.2 Å². The third kappa shape index (κ3) is 4.07. The average molecular weight is 356 g/mol. The lowest BCUT2D eigenvalue weighted by Gasteiger charge is -2.09. The smallest absolute Gasteiger partial charge is 0.315 e. The molecule has 0 aliphatic rings. The fourth-order valence-corrected chi connectivity index (χ4v) is 1.82. The molecular formula is C17H9F5O3. The van der Waals surface area contributed by atoms with Gasteiger partial charge in [-0.25, -0.2) is 13.2 Å². The summed E-state index contributed by atoms with van der Waals surface area (Å²) in [5.41, 5.74) is 0.363. The van der Waals surface area contributed by atoms with Crippen molar-refractivity contribution in [3.8, 4) is 23.8 Å². The van der Waals surface area contributed by atoms with Gasteiger partial charge in [-0.2, -0.15) is 8.78 Å². The number of esters is 1. The average Bonchev–Trinajstić information content (AvgIpc) is 2.61. The van der Waals surface area contributed by atoms with Crippen LogP contribution in [0.1, 0.15) is 5.56 Å². The third-order valence-corrected chi connectivity index (χ3v) is 2.98. The van der Waals surface area contributed by atoms with E-state index in [0.29, 0.717) is 11.3 Å². The minimum atomic E-state index is -2.34. The van der Waals surface area contributed by atoms with Gasteiger partial charge in [0.1, 0.15) is 12.4 Å². The maximum atomic E-state index is 13.4. The second-order valence-electron chi connectivity index (χ2n) is 4.69. The van der Waals surface area contributed by atoms with Crippen LogP contribution in [-0.2, 0) is 11.2 Å². The summed E-state index contributed by atoms with van der Waals surface area (Å²) in [5, 5.41) is 0. The van der Waals surface area contributed by atoms with Gasteiger partial charge in [0.25, 0.3) is 0 Å². The quantitative estimate of drug-likeness (QED) is 0.205. The van der Waals surface area contributed by atoms with Crippen molar-refractivity contribution in [3.05, 3.63) is 58.9 Å². The Morgan fingerprint density at radius 1 is 0.920 bits per heavy atom. The summed E-state index contributed by atoms with van der Waals surface area (Å²) in [5.74, 6) is -11.3. The molecular weight excluding hydrogens is 347 g/mol. The maximum absolute atomic E-state index is 13.4. The van der Waals surface area contributed by atoms with Crippen LogP contribution in [0, 0.1) is 41.4 Å². The van der Waals surface area contributed by atoms with Gasteiger partial charge < -0.3 is 9.47 Å². The van der Waals surface area contributed by atoms with Gasteiger partial charge in [-0.05, 0) is 17.7 Å². The normalized spacial score (nSPS) is 10.2. The van der Waals surface area contributed by atoms with Gasteiger partial charge in [0.2, 0.25) is 34.8 Å². The molecule has 2 aromatic carbocycles. The van der Waals surface area contributed by atoms with Crippen molar-refractivity contribution in [2.75, 3.05) is 6.61 Å². The Bertz CT molecular complexity index is 812. The number of terminal acetylenes is 1. The highest BCUT2D eigenvalue weighted by atomic mass is 19.2. The molecule has 0 saturated carbocycles. The number of hydrogen-bond donors (Lipinski definition) is 0. The topological polar surface area (TPSA) is 35.5 Å². The highest BCUT2D eigenvalue weighted by Crippen LogP contribution is 2.29. The number of benzene rings is 2. The van der Waals surface area contributed by atoms with Gasteiger partial charge in [0, 0.05) is 0 Å². The lowest BCUT2D eigenvalue weighted by molar-refractivity contribution is -0.134. The highest BCUT2D eigenvalue weighted by Gasteiger charge is 2.28. The van der Waals surface area contributed by atoms with E-state index in [4.69, 9.17) is 11.2 Å². The molecule has 130 valence electrons. The molecule has 0 radical (unpaired) electrons. The molecule has 2 aromatic rings. The van der Waals surface area contributed by atoms with Crippen LogP contribution in [-0.4, -0.2) is 12.6 Å². The van der Waals surface area contributed by atoms with Crippen LogP contribution in [0.25, 0.3) is 0 Å². The fourth-order valence-electron chi connectivity index (χ4n) is 1.82. The summed E-state index contributed by atoms with van der Waals surface area (Å²) in [6, 6.07) is 5.87. The molecule has 0 fully saturated rings. The molecule has 0 heterocycles. The molecule has 0 aliphatic heterocycles. The summed E-state index contributed by atoms with van der Waals surface area (Å²) in [6.07, 6.45) is 4.56. The summed E-state index contributed by atoms with van der Waals surface area (Å²) in [4.78, 5) is 11.7. The second kappa shape index (κ2) is 7.66. The van der Waals surface area contributed by atoms with Crippen LogP contribution in [0.15, 0.2) is 24.3 Å². The molecule has 0 unspecified atom stereocenters. The lowest BCUT2D eigenvalue weighted by atomic mass is 10.1. The van der Waals surface area contributed by atoms with E-state index in [9.17, 15) is 26.7 Å². The minimum Gasteiger partial charge on any atom is -0.481 e. The predicted molar refractivity (Wildman–Crippen MR) is 76.3 cm³/mol. The Morgan fingerprint density at radius 3 is 1.96 bits per heavy atom. The Kier molecular flexibility index (Phi) is 5.60. The van der Waals surface area contributed by atoms with Crippen LogP contribution in [0.2, 0.25) is 0 Å². The van der Waals surface area contributed by atoms with Gasteiger partial charge >= 0.3 is 5.97 Å². The Hall–Kier alpha value is -3.08. The molecule has 0 saturated heterocycles. The molecule has 0 N–H and O–H groups in total. The van der Waals surface area contributed by atoms with E-state index >= 15 is 0 Å². The first kappa shape index (κ1) is 18.3. The standard InChI is InChI=1S/C17H9F5O3/c1-2-7-24-10-5-3-9(4-6-10)8-11(23)25-17-15(21)13(19)12(18)14(20)16(17)22/h1,3-6H,7-8H2. The lowest BCUT2D eigenvalue weighted by Crippen LogP contribution is -2.15. The van der Waals surface area contributed by atoms with Crippen molar-refractivity contribution < 1.29 is 36.2 Å². The Balaban J connectivity index is 2.12. The second-order valence-corrected chi connectivity index (χ2v) is 4.69. The van der Waals surface area contributed by atoms with Gasteiger partial charge in [-0.1, -0.05) is 18.1 Å². The SMILES string of the molecule is C#CCOc1ccc(CC(=O)Oc2c(F)c(F)c(F)c(F)c2F)cc1. The molecule has 3 nitrogen and oxygen atoms in total. The van der Waals surface area contributed by atoms with Crippen molar-refractivity contribution in [1.82, 2.24) is 0 Å². The van der Waals surface area contributed by atoms with Crippen LogP contribution < -0.4 is 9.47 Å². The van der Waals surface area contributed by atoms with Crippen molar-refractivity contribution in [1.29, 1.82) is 0 Å². The van der Waals surface area contributed by atoms with Crippen molar-refractivity contribution in [2.45, 2.75) is 6.42 Å². The van der Waals surface area contributed by atoms with E-state index in [1.807, 2.05) is 0 Å². The zero-order chi connectivity index (χ0) is 18.6. The van der Waals surface area contributed by atoms with E-state index in [1.165, 1.54) is 24.3 Å². The van der Waals surface area contributed by atoms with Crippen molar-refractivity contribution in [3.63, 3.8) is 0 Å². The number of halogens is 5. The number of ether oxygens (including phenoxy) is 2. The zero-order valence-corrected chi connectivity index (χ0v) is 12.4. The van der Waals surface area contributed by atoms with E-state index in [-0.39, 0.29) is 6.61 Å². The van der Waals surface area contributed by atoms with Crippen LogP contribution in [0.4, 0.5) is 22.0 Å². The molecule has 0 aliphatic carbocycles. The molecule has 0 spiro atoms. The molecule has 0 aromatic heterocycles. The first-order chi connectivity index (χ1) is 11.8. The van der Waals surface area contributed by atoms with Crippen LogP contribution in [0.5, 0.6) is 11.5 Å². The third-order valence-electron chi connectivity index (χ3n) is 2.98. The highest BCUT2D eigenvalue weighted by molar-refractivity contribution is 5.75. The molecule has 0 atom stereocenters. The van der Waals surface area contributed by atoms with Crippen LogP contribution >= 0.6 is 0 Å². The Labute approximate surface area is 139 Å². The molecule has 25 heavy (non-hydrogen) atoms. The van der Waals surface area contributed by atoms with E-state index in [2.05, 4.69) is 10.7 Å². The Morgan fingerprint density at radius 2 is 1.44 bits per heavy atom. The fraction of sp³-hybridized carbons (Fsp3) is 0.118. The largest absolute Gasteiger partial charge is 0.481 e. The molecule has 0 bridgehead atoms. The van der Waals surface area contributed by atoms with Gasteiger partial charge in [-0.3, -0.25) is 4.79 Å². The minimum absolute atomic E-state index is 0.0433. The summed E-state index contributed by atoms with van der Waals surface area (Å²) < 4.78 is 75.3. The van der Waals surface area contributed by atoms with E-state index in [1.54, 1.807) is 0 Å². The first-order valence-electron chi connectivity index (χ1n) is 6.72. The van der Waals surface area contributed by atoms with Gasteiger partial charge in [0.05, 0.1) is 6.42 Å². The monoisotopic (exact) mass is 356 g/mol. The van der Waals surface area contributed by atoms with Gasteiger partial charge in [0.15, 0.2) is 0 Å². The maximum Gasteiger partial charge on any atom is 0.315 e. The van der Waals surface area contributed by atoms with Crippen molar-refractivity contribution >= 4 is 5.97 Å². The number of rotatable bonds is 5. The molecule has 0 amide bonds. The van der Waals surface area contributed by atoms with E-state index in [0.717, 1.165) is 0 Å². The summed E-state index contributed by atoms with van der Waals surface area (Å²) in [6.45, 7) is 0.0433. The molecule has 2 rings (SSSR count). The molecule has 8 heteroatoms. The van der Waals surface area contributed by atoms with Gasteiger partial charge in [-0.15, -0.1) is 6.42 Å². The zero-order valence-electron chi connectivity index (χ0n) is 12.4. The predicted octanol–water partition coefficient (Wildman–Crippen LogP) is 3.54. The number of hydrogen-bond acceptors (Lipinski definition) is 3. The summed E-state index contributed by atoms with van der Waals surface area (Å²) in [7, 11) is 0.